The first-order valence-electron chi connectivity index (χ1n) is 6.02. The highest BCUT2D eigenvalue weighted by molar-refractivity contribution is 9.10. The molecule has 1 N–H and O–H groups in total. The van der Waals surface area contributed by atoms with Gasteiger partial charge in [-0.05, 0) is 37.1 Å². The third kappa shape index (κ3) is 6.28. The van der Waals surface area contributed by atoms with Gasteiger partial charge in [0.05, 0.1) is 6.61 Å². The van der Waals surface area contributed by atoms with Gasteiger partial charge in [-0.2, -0.15) is 0 Å². The molecule has 0 aliphatic rings. The van der Waals surface area contributed by atoms with Crippen molar-refractivity contribution in [2.45, 2.75) is 12.8 Å². The third-order valence-corrected chi connectivity index (χ3v) is 2.98. The highest BCUT2D eigenvalue weighted by Crippen LogP contribution is 2.15. The van der Waals surface area contributed by atoms with Gasteiger partial charge >= 0.3 is 0 Å². The summed E-state index contributed by atoms with van der Waals surface area (Å²) in [5.41, 5.74) is 0.724. The lowest BCUT2D eigenvalue weighted by Gasteiger charge is -2.01. The summed E-state index contributed by atoms with van der Waals surface area (Å²) in [7, 11) is 1.69. The van der Waals surface area contributed by atoms with Gasteiger partial charge in [0.1, 0.15) is 5.82 Å². The summed E-state index contributed by atoms with van der Waals surface area (Å²) in [6.45, 7) is 2.52. The Kier molecular flexibility index (Phi) is 7.89. The van der Waals surface area contributed by atoms with Crippen LogP contribution in [0.5, 0.6) is 0 Å². The Labute approximate surface area is 116 Å². The maximum Gasteiger partial charge on any atom is 0.127 e. The fraction of sp³-hybridized carbons (Fsp3) is 0.429. The number of methoxy groups -OCH3 is 1. The molecule has 0 aromatic heterocycles. The van der Waals surface area contributed by atoms with Crippen molar-refractivity contribution < 1.29 is 9.13 Å². The number of hydrogen-bond donors (Lipinski definition) is 1. The maximum absolute atomic E-state index is 13.5. The summed E-state index contributed by atoms with van der Waals surface area (Å²) in [5, 5.41) is 3.25. The molecule has 100 valence electrons. The van der Waals surface area contributed by atoms with Crippen LogP contribution in [0.1, 0.15) is 12.0 Å². The van der Waals surface area contributed by atoms with E-state index in [-0.39, 0.29) is 5.82 Å². The van der Waals surface area contributed by atoms with Gasteiger partial charge in [0, 0.05) is 18.1 Å². The average molecular weight is 316 g/mol. The molecule has 2 nitrogen and oxygen atoms in total. The molecule has 0 aliphatic heterocycles. The molecule has 1 rings (SSSR count). The van der Waals surface area contributed by atoms with E-state index in [2.05, 4.69) is 27.3 Å². The molecule has 0 fully saturated rings. The highest BCUT2D eigenvalue weighted by Gasteiger charge is 1.99. The molecule has 0 saturated heterocycles. The van der Waals surface area contributed by atoms with Crippen LogP contribution in [0, 0.1) is 5.82 Å². The first-order chi connectivity index (χ1) is 8.74. The molecule has 18 heavy (non-hydrogen) atoms. The Morgan fingerprint density at radius 3 is 2.89 bits per heavy atom. The topological polar surface area (TPSA) is 21.3 Å². The van der Waals surface area contributed by atoms with E-state index < -0.39 is 0 Å². The number of nitrogens with one attached hydrogen (secondary N) is 1. The number of rotatable bonds is 8. The lowest BCUT2D eigenvalue weighted by atomic mass is 10.1. The van der Waals surface area contributed by atoms with Crippen LogP contribution in [0.15, 0.2) is 34.8 Å². The predicted molar refractivity (Wildman–Crippen MR) is 76.3 cm³/mol. The van der Waals surface area contributed by atoms with Crippen molar-refractivity contribution in [1.82, 2.24) is 5.32 Å². The number of ether oxygens (including phenoxy) is 1. The lowest BCUT2D eigenvalue weighted by molar-refractivity contribution is 0.199. The van der Waals surface area contributed by atoms with E-state index >= 15 is 0 Å². The molecule has 0 bridgehead atoms. The van der Waals surface area contributed by atoms with E-state index in [9.17, 15) is 4.39 Å². The van der Waals surface area contributed by atoms with Gasteiger partial charge in [-0.3, -0.25) is 0 Å². The fourth-order valence-corrected chi connectivity index (χ4v) is 1.83. The Hall–Kier alpha value is -0.710. The number of halogens is 2. The molecular weight excluding hydrogens is 297 g/mol. The van der Waals surface area contributed by atoms with Gasteiger partial charge < -0.3 is 10.1 Å². The van der Waals surface area contributed by atoms with Crippen LogP contribution in [0.25, 0.3) is 0 Å². The van der Waals surface area contributed by atoms with E-state index in [1.165, 1.54) is 6.07 Å². The first-order valence-corrected chi connectivity index (χ1v) is 6.82. The zero-order valence-corrected chi connectivity index (χ0v) is 12.2. The SMILES string of the molecule is COCCNCCC=CCc1ccc(Br)cc1F. The van der Waals surface area contributed by atoms with Gasteiger partial charge in [0.25, 0.3) is 0 Å². The van der Waals surface area contributed by atoms with Crippen LogP contribution < -0.4 is 5.32 Å². The smallest absolute Gasteiger partial charge is 0.127 e. The zero-order chi connectivity index (χ0) is 13.2. The van der Waals surface area contributed by atoms with Gasteiger partial charge in [0.15, 0.2) is 0 Å². The summed E-state index contributed by atoms with van der Waals surface area (Å²) in [4.78, 5) is 0. The third-order valence-electron chi connectivity index (χ3n) is 2.49. The number of allylic oxidation sites excluding steroid dienone is 1. The van der Waals surface area contributed by atoms with Crippen LogP contribution in [0.4, 0.5) is 4.39 Å². The first kappa shape index (κ1) is 15.3. The quantitative estimate of drug-likeness (QED) is 0.587. The summed E-state index contributed by atoms with van der Waals surface area (Å²) >= 11 is 3.24. The van der Waals surface area contributed by atoms with Gasteiger partial charge in [0.2, 0.25) is 0 Å². The van der Waals surface area contributed by atoms with Gasteiger partial charge in [-0.25, -0.2) is 4.39 Å². The molecule has 0 aliphatic carbocycles. The molecule has 0 radical (unpaired) electrons. The van der Waals surface area contributed by atoms with Crippen molar-refractivity contribution in [3.63, 3.8) is 0 Å². The second-order valence-electron chi connectivity index (χ2n) is 3.94. The lowest BCUT2D eigenvalue weighted by Crippen LogP contribution is -2.19. The van der Waals surface area contributed by atoms with Gasteiger partial charge in [-0.1, -0.05) is 34.1 Å². The molecule has 1 aromatic carbocycles. The number of benzene rings is 1. The highest BCUT2D eigenvalue weighted by atomic mass is 79.9. The second kappa shape index (κ2) is 9.25. The molecule has 0 amide bonds. The second-order valence-corrected chi connectivity index (χ2v) is 4.86. The van der Waals surface area contributed by atoms with Crippen LogP contribution in [-0.2, 0) is 11.2 Å². The van der Waals surface area contributed by atoms with E-state index in [0.717, 1.165) is 36.2 Å². The summed E-state index contributed by atoms with van der Waals surface area (Å²) < 4.78 is 19.2. The minimum Gasteiger partial charge on any atom is -0.383 e. The van der Waals surface area contributed by atoms with Crippen molar-refractivity contribution in [1.29, 1.82) is 0 Å². The van der Waals surface area contributed by atoms with E-state index in [0.29, 0.717) is 6.42 Å². The van der Waals surface area contributed by atoms with Crippen molar-refractivity contribution in [2.75, 3.05) is 26.8 Å². The van der Waals surface area contributed by atoms with E-state index in [4.69, 9.17) is 4.74 Å². The predicted octanol–water partition coefficient (Wildman–Crippen LogP) is 3.31. The average Bonchev–Trinajstić information content (AvgIpc) is 2.35. The maximum atomic E-state index is 13.5. The molecule has 0 spiro atoms. The fourth-order valence-electron chi connectivity index (χ4n) is 1.50. The minimum atomic E-state index is -0.160. The van der Waals surface area contributed by atoms with Crippen LogP contribution in [0.2, 0.25) is 0 Å². The van der Waals surface area contributed by atoms with Crippen molar-refractivity contribution in [2.24, 2.45) is 0 Å². The Morgan fingerprint density at radius 1 is 1.33 bits per heavy atom. The zero-order valence-electron chi connectivity index (χ0n) is 10.6. The van der Waals surface area contributed by atoms with Crippen molar-refractivity contribution in [3.05, 3.63) is 46.2 Å². The molecule has 0 atom stereocenters. The number of hydrogen-bond acceptors (Lipinski definition) is 2. The molecule has 0 unspecified atom stereocenters. The summed E-state index contributed by atoms with van der Waals surface area (Å²) in [6.07, 6.45) is 5.66. The van der Waals surface area contributed by atoms with E-state index in [1.807, 2.05) is 12.1 Å². The van der Waals surface area contributed by atoms with Crippen molar-refractivity contribution in [3.8, 4) is 0 Å². The standard InChI is InChI=1S/C14H19BrFNO/c1-18-10-9-17-8-4-2-3-5-12-6-7-13(15)11-14(12)16/h2-3,6-7,11,17H,4-5,8-10H2,1H3. The molecule has 0 heterocycles. The Bertz CT molecular complexity index is 382. The van der Waals surface area contributed by atoms with Crippen LogP contribution in [-0.4, -0.2) is 26.8 Å². The monoisotopic (exact) mass is 315 g/mol. The van der Waals surface area contributed by atoms with Crippen molar-refractivity contribution >= 4 is 15.9 Å². The molecule has 1 aromatic rings. The molecule has 0 saturated carbocycles. The van der Waals surface area contributed by atoms with Gasteiger partial charge in [-0.15, -0.1) is 0 Å². The normalized spacial score (nSPS) is 11.3. The summed E-state index contributed by atoms with van der Waals surface area (Å²) in [6, 6.07) is 5.16. The van der Waals surface area contributed by atoms with Crippen LogP contribution in [0.3, 0.4) is 0 Å². The van der Waals surface area contributed by atoms with Crippen LogP contribution >= 0.6 is 15.9 Å². The van der Waals surface area contributed by atoms with E-state index in [1.54, 1.807) is 13.2 Å². The molecular formula is C14H19BrFNO. The Balaban J connectivity index is 2.20. The largest absolute Gasteiger partial charge is 0.383 e. The minimum absolute atomic E-state index is 0.160. The summed E-state index contributed by atoms with van der Waals surface area (Å²) in [5.74, 6) is -0.160. The molecule has 4 heteroatoms. The Morgan fingerprint density at radius 2 is 2.17 bits per heavy atom.